The van der Waals surface area contributed by atoms with E-state index >= 15 is 0 Å². The molecule has 0 aliphatic carbocycles. The van der Waals surface area contributed by atoms with Crippen molar-refractivity contribution in [1.82, 2.24) is 19.7 Å². The first-order chi connectivity index (χ1) is 14.2. The van der Waals surface area contributed by atoms with Crippen molar-refractivity contribution in [3.63, 3.8) is 0 Å². The lowest BCUT2D eigenvalue weighted by Crippen LogP contribution is -2.43. The van der Waals surface area contributed by atoms with E-state index in [9.17, 15) is 9.59 Å². The van der Waals surface area contributed by atoms with Gasteiger partial charge in [-0.25, -0.2) is 4.79 Å². The van der Waals surface area contributed by atoms with Gasteiger partial charge in [0, 0.05) is 38.9 Å². The Kier molecular flexibility index (Phi) is 6.05. The summed E-state index contributed by atoms with van der Waals surface area (Å²) in [5, 5.41) is 0. The number of carbonyl (C=O) groups is 2. The van der Waals surface area contributed by atoms with Crippen molar-refractivity contribution in [2.75, 3.05) is 39.3 Å². The molecule has 0 spiro atoms. The van der Waals surface area contributed by atoms with Crippen LogP contribution in [-0.2, 0) is 16.1 Å². The van der Waals surface area contributed by atoms with Gasteiger partial charge in [-0.1, -0.05) is 36.4 Å². The highest BCUT2D eigenvalue weighted by Gasteiger charge is 2.36. The molecule has 2 aliphatic rings. The molecule has 3 heterocycles. The van der Waals surface area contributed by atoms with E-state index in [1.54, 1.807) is 11.1 Å². The molecule has 2 aromatic rings. The normalized spacial score (nSPS) is 20.4. The topological polar surface area (TPSA) is 66.0 Å². The standard InChI is InChI=1S/C22H26N4O3/c27-21(16-26-20(17-29-22(26)28)18-7-2-1-3-8-18)25-12-6-11-24(13-14-25)15-19-9-4-5-10-23-19/h1-5,7-10,20H,6,11-17H2. The Balaban J connectivity index is 1.35. The molecular formula is C22H26N4O3. The maximum Gasteiger partial charge on any atom is 0.410 e. The van der Waals surface area contributed by atoms with Crippen LogP contribution >= 0.6 is 0 Å². The fraction of sp³-hybridized carbons (Fsp3) is 0.409. The zero-order chi connectivity index (χ0) is 20.1. The first kappa shape index (κ1) is 19.4. The van der Waals surface area contributed by atoms with Gasteiger partial charge >= 0.3 is 6.09 Å². The zero-order valence-corrected chi connectivity index (χ0v) is 16.4. The number of hydrogen-bond donors (Lipinski definition) is 0. The molecule has 29 heavy (non-hydrogen) atoms. The smallest absolute Gasteiger partial charge is 0.410 e. The SMILES string of the molecule is O=C(CN1C(=O)OCC1c1ccccc1)N1CCCN(Cc2ccccn2)CC1. The summed E-state index contributed by atoms with van der Waals surface area (Å²) < 4.78 is 5.23. The maximum atomic E-state index is 12.9. The number of benzene rings is 1. The molecule has 0 saturated carbocycles. The average Bonchev–Trinajstić information content (AvgIpc) is 2.96. The van der Waals surface area contributed by atoms with Crippen LogP contribution in [0.15, 0.2) is 54.7 Å². The van der Waals surface area contributed by atoms with Crippen LogP contribution in [0.25, 0.3) is 0 Å². The lowest BCUT2D eigenvalue weighted by molar-refractivity contribution is -0.131. The molecule has 4 rings (SSSR count). The fourth-order valence-electron chi connectivity index (χ4n) is 3.92. The zero-order valence-electron chi connectivity index (χ0n) is 16.4. The summed E-state index contributed by atoms with van der Waals surface area (Å²) >= 11 is 0. The van der Waals surface area contributed by atoms with E-state index in [1.807, 2.05) is 53.4 Å². The predicted octanol–water partition coefficient (Wildman–Crippen LogP) is 2.31. The van der Waals surface area contributed by atoms with Gasteiger partial charge in [0.1, 0.15) is 13.2 Å². The Hall–Kier alpha value is -2.93. The molecule has 0 bridgehead atoms. The van der Waals surface area contributed by atoms with E-state index in [1.165, 1.54) is 0 Å². The Morgan fingerprint density at radius 3 is 2.66 bits per heavy atom. The molecule has 2 saturated heterocycles. The van der Waals surface area contributed by atoms with Crippen molar-refractivity contribution in [3.05, 3.63) is 66.0 Å². The molecule has 2 fully saturated rings. The third-order valence-electron chi connectivity index (χ3n) is 5.52. The van der Waals surface area contributed by atoms with Gasteiger partial charge in [-0.05, 0) is 24.1 Å². The molecule has 2 aliphatic heterocycles. The van der Waals surface area contributed by atoms with E-state index in [0.717, 1.165) is 37.3 Å². The lowest BCUT2D eigenvalue weighted by Gasteiger charge is -2.26. The molecule has 7 nitrogen and oxygen atoms in total. The first-order valence-electron chi connectivity index (χ1n) is 10.1. The molecule has 7 heteroatoms. The molecule has 1 unspecified atom stereocenters. The van der Waals surface area contributed by atoms with Crippen LogP contribution in [0, 0.1) is 0 Å². The van der Waals surface area contributed by atoms with Gasteiger partial charge in [0.2, 0.25) is 5.91 Å². The second-order valence-electron chi connectivity index (χ2n) is 7.46. The fourth-order valence-corrected chi connectivity index (χ4v) is 3.92. The molecule has 1 atom stereocenters. The molecular weight excluding hydrogens is 368 g/mol. The summed E-state index contributed by atoms with van der Waals surface area (Å²) in [7, 11) is 0. The minimum Gasteiger partial charge on any atom is -0.447 e. The van der Waals surface area contributed by atoms with E-state index in [2.05, 4.69) is 9.88 Å². The lowest BCUT2D eigenvalue weighted by atomic mass is 10.1. The quantitative estimate of drug-likeness (QED) is 0.779. The van der Waals surface area contributed by atoms with Crippen LogP contribution < -0.4 is 0 Å². The van der Waals surface area contributed by atoms with Gasteiger partial charge in [0.25, 0.3) is 0 Å². The Morgan fingerprint density at radius 1 is 1.03 bits per heavy atom. The molecule has 0 radical (unpaired) electrons. The number of amides is 2. The first-order valence-corrected chi connectivity index (χ1v) is 10.1. The summed E-state index contributed by atoms with van der Waals surface area (Å²) in [6.07, 6.45) is 2.30. The van der Waals surface area contributed by atoms with Gasteiger partial charge in [-0.15, -0.1) is 0 Å². The average molecular weight is 394 g/mol. The largest absolute Gasteiger partial charge is 0.447 e. The van der Waals surface area contributed by atoms with Gasteiger partial charge in [-0.2, -0.15) is 0 Å². The van der Waals surface area contributed by atoms with Crippen molar-refractivity contribution in [3.8, 4) is 0 Å². The van der Waals surface area contributed by atoms with E-state index in [0.29, 0.717) is 13.1 Å². The monoisotopic (exact) mass is 394 g/mol. The van der Waals surface area contributed by atoms with Crippen molar-refractivity contribution >= 4 is 12.0 Å². The number of rotatable bonds is 5. The van der Waals surface area contributed by atoms with Crippen molar-refractivity contribution in [1.29, 1.82) is 0 Å². The summed E-state index contributed by atoms with van der Waals surface area (Å²) in [6.45, 7) is 4.22. The number of aromatic nitrogens is 1. The van der Waals surface area contributed by atoms with Gasteiger partial charge in [0.15, 0.2) is 0 Å². The molecule has 0 N–H and O–H groups in total. The second-order valence-corrected chi connectivity index (χ2v) is 7.46. The van der Waals surface area contributed by atoms with Crippen LogP contribution in [0.2, 0.25) is 0 Å². The van der Waals surface area contributed by atoms with Crippen molar-refractivity contribution in [2.24, 2.45) is 0 Å². The van der Waals surface area contributed by atoms with Gasteiger partial charge < -0.3 is 9.64 Å². The van der Waals surface area contributed by atoms with Crippen molar-refractivity contribution < 1.29 is 14.3 Å². The van der Waals surface area contributed by atoms with Crippen LogP contribution in [0.3, 0.4) is 0 Å². The minimum absolute atomic E-state index is 0.0236. The summed E-state index contributed by atoms with van der Waals surface area (Å²) in [5.74, 6) is -0.0236. The number of ether oxygens (including phenoxy) is 1. The minimum atomic E-state index is -0.418. The third kappa shape index (κ3) is 4.74. The highest BCUT2D eigenvalue weighted by atomic mass is 16.6. The molecule has 2 amide bonds. The number of hydrogen-bond acceptors (Lipinski definition) is 5. The van der Waals surface area contributed by atoms with Gasteiger partial charge in [-0.3, -0.25) is 19.6 Å². The second kappa shape index (κ2) is 9.05. The third-order valence-corrected chi connectivity index (χ3v) is 5.52. The number of carbonyl (C=O) groups excluding carboxylic acids is 2. The van der Waals surface area contributed by atoms with Crippen LogP contribution in [0.1, 0.15) is 23.7 Å². The molecule has 1 aromatic carbocycles. The number of nitrogens with zero attached hydrogens (tertiary/aromatic N) is 4. The number of pyridine rings is 1. The highest BCUT2D eigenvalue weighted by molar-refractivity contribution is 5.83. The number of cyclic esters (lactones) is 1. The van der Waals surface area contributed by atoms with Crippen molar-refractivity contribution in [2.45, 2.75) is 19.0 Å². The van der Waals surface area contributed by atoms with Gasteiger partial charge in [0.05, 0.1) is 11.7 Å². The predicted molar refractivity (Wildman–Crippen MR) is 108 cm³/mol. The highest BCUT2D eigenvalue weighted by Crippen LogP contribution is 2.27. The summed E-state index contributed by atoms with van der Waals surface area (Å²) in [5.41, 5.74) is 2.03. The van der Waals surface area contributed by atoms with Crippen LogP contribution in [0.4, 0.5) is 4.79 Å². The Morgan fingerprint density at radius 2 is 1.86 bits per heavy atom. The van der Waals surface area contributed by atoms with E-state index in [4.69, 9.17) is 4.74 Å². The van der Waals surface area contributed by atoms with Crippen LogP contribution in [0.5, 0.6) is 0 Å². The van der Waals surface area contributed by atoms with Crippen LogP contribution in [-0.4, -0.2) is 71.0 Å². The van der Waals surface area contributed by atoms with E-state index < -0.39 is 6.09 Å². The Bertz CT molecular complexity index is 830. The maximum absolute atomic E-state index is 12.9. The van der Waals surface area contributed by atoms with E-state index in [-0.39, 0.29) is 25.1 Å². The Labute approximate surface area is 170 Å². The molecule has 152 valence electrons. The molecule has 1 aromatic heterocycles. The summed E-state index contributed by atoms with van der Waals surface area (Å²) in [6, 6.07) is 15.5. The summed E-state index contributed by atoms with van der Waals surface area (Å²) in [4.78, 5) is 35.3.